The molecule has 118 valence electrons. The number of nitrogens with zero attached hydrogens (tertiary/aromatic N) is 2. The van der Waals surface area contributed by atoms with E-state index in [1.54, 1.807) is 0 Å². The number of hydrogen-bond acceptors (Lipinski definition) is 5. The van der Waals surface area contributed by atoms with Gasteiger partial charge in [-0.25, -0.2) is 0 Å². The van der Waals surface area contributed by atoms with Crippen LogP contribution in [0.4, 0.5) is 0 Å². The van der Waals surface area contributed by atoms with Gasteiger partial charge in [0.15, 0.2) is 0 Å². The molecule has 0 saturated carbocycles. The summed E-state index contributed by atoms with van der Waals surface area (Å²) in [5.74, 6) is -0.117. The first-order valence-electron chi connectivity index (χ1n) is 7.91. The van der Waals surface area contributed by atoms with Crippen molar-refractivity contribution in [2.24, 2.45) is 0 Å². The van der Waals surface area contributed by atoms with Gasteiger partial charge < -0.3 is 15.0 Å². The minimum absolute atomic E-state index is 0.117. The molecular weight excluding hydrogens is 254 g/mol. The van der Waals surface area contributed by atoms with Gasteiger partial charge in [0.1, 0.15) is 6.04 Å². The van der Waals surface area contributed by atoms with Gasteiger partial charge >= 0.3 is 5.97 Å². The summed E-state index contributed by atoms with van der Waals surface area (Å²) in [6, 6.07) is 0.375. The lowest BCUT2D eigenvalue weighted by Crippen LogP contribution is -2.44. The number of carbonyl (C=O) groups is 1. The molecule has 2 unspecified atom stereocenters. The van der Waals surface area contributed by atoms with Crippen LogP contribution in [0.3, 0.4) is 0 Å². The Morgan fingerprint density at radius 3 is 2.80 bits per heavy atom. The molecule has 5 heteroatoms. The normalized spacial score (nSPS) is 23.3. The second kappa shape index (κ2) is 9.32. The fraction of sp³-hybridized carbons (Fsp3) is 0.933. The summed E-state index contributed by atoms with van der Waals surface area (Å²) >= 11 is 0. The minimum Gasteiger partial charge on any atom is -0.465 e. The Labute approximate surface area is 123 Å². The Hall–Kier alpha value is -0.650. The van der Waals surface area contributed by atoms with Crippen molar-refractivity contribution < 1.29 is 9.53 Å². The summed E-state index contributed by atoms with van der Waals surface area (Å²) < 4.78 is 5.14. The van der Waals surface area contributed by atoms with Gasteiger partial charge in [-0.15, -0.1) is 0 Å². The van der Waals surface area contributed by atoms with Crippen LogP contribution in [-0.4, -0.2) is 74.2 Å². The van der Waals surface area contributed by atoms with Gasteiger partial charge in [-0.05, 0) is 53.4 Å². The molecule has 2 atom stereocenters. The Bertz CT molecular complexity index is 286. The molecule has 1 fully saturated rings. The molecule has 1 heterocycles. The highest BCUT2D eigenvalue weighted by Crippen LogP contribution is 2.10. The Balaban J connectivity index is 2.46. The zero-order valence-corrected chi connectivity index (χ0v) is 13.5. The van der Waals surface area contributed by atoms with E-state index in [2.05, 4.69) is 29.1 Å². The van der Waals surface area contributed by atoms with Crippen LogP contribution < -0.4 is 5.32 Å². The predicted molar refractivity (Wildman–Crippen MR) is 81.9 cm³/mol. The van der Waals surface area contributed by atoms with Gasteiger partial charge in [0.25, 0.3) is 0 Å². The minimum atomic E-state index is -0.173. The van der Waals surface area contributed by atoms with E-state index in [1.165, 1.54) is 6.42 Å². The fourth-order valence-corrected chi connectivity index (χ4v) is 2.84. The first-order chi connectivity index (χ1) is 9.58. The molecule has 1 aliphatic rings. The van der Waals surface area contributed by atoms with E-state index in [1.807, 2.05) is 13.8 Å². The molecule has 0 bridgehead atoms. The van der Waals surface area contributed by atoms with Crippen LogP contribution in [0.1, 0.15) is 33.6 Å². The monoisotopic (exact) mass is 285 g/mol. The molecule has 1 N–H and O–H groups in total. The summed E-state index contributed by atoms with van der Waals surface area (Å²) in [5.41, 5.74) is 0. The van der Waals surface area contributed by atoms with E-state index in [4.69, 9.17) is 4.74 Å². The van der Waals surface area contributed by atoms with Crippen molar-refractivity contribution in [1.82, 2.24) is 15.1 Å². The smallest absolute Gasteiger partial charge is 0.323 e. The van der Waals surface area contributed by atoms with Crippen molar-refractivity contribution in [1.29, 1.82) is 0 Å². The number of nitrogens with one attached hydrogen (secondary N) is 1. The molecule has 0 aromatic heterocycles. The van der Waals surface area contributed by atoms with Gasteiger partial charge in [-0.1, -0.05) is 6.92 Å². The highest BCUT2D eigenvalue weighted by atomic mass is 16.5. The Morgan fingerprint density at radius 2 is 2.15 bits per heavy atom. The summed E-state index contributed by atoms with van der Waals surface area (Å²) in [6.45, 7) is 11.7. The average molecular weight is 285 g/mol. The quantitative estimate of drug-likeness (QED) is 0.706. The average Bonchev–Trinajstić information content (AvgIpc) is 2.55. The van der Waals surface area contributed by atoms with Crippen molar-refractivity contribution in [2.75, 3.05) is 46.4 Å². The van der Waals surface area contributed by atoms with Crippen LogP contribution >= 0.6 is 0 Å². The van der Waals surface area contributed by atoms with E-state index in [0.717, 1.165) is 39.1 Å². The number of hydrogen-bond donors (Lipinski definition) is 1. The summed E-state index contributed by atoms with van der Waals surface area (Å²) in [6.07, 6.45) is 2.02. The van der Waals surface area contributed by atoms with Gasteiger partial charge in [0.05, 0.1) is 6.61 Å². The third-order valence-corrected chi connectivity index (χ3v) is 3.91. The zero-order chi connectivity index (χ0) is 15.0. The topological polar surface area (TPSA) is 44.8 Å². The fourth-order valence-electron chi connectivity index (χ4n) is 2.84. The van der Waals surface area contributed by atoms with Crippen LogP contribution in [0.15, 0.2) is 0 Å². The molecule has 1 aliphatic heterocycles. The first-order valence-corrected chi connectivity index (χ1v) is 7.91. The van der Waals surface area contributed by atoms with Crippen LogP contribution in [0.25, 0.3) is 0 Å². The standard InChI is InChI=1S/C15H31N3O2/c1-5-16-14(15(19)20-6-2)8-11-18-10-7-9-17(4)12-13(18)3/h13-14,16H,5-12H2,1-4H3. The lowest BCUT2D eigenvalue weighted by atomic mass is 10.1. The van der Waals surface area contributed by atoms with Crippen molar-refractivity contribution in [3.63, 3.8) is 0 Å². The number of rotatable bonds is 7. The zero-order valence-electron chi connectivity index (χ0n) is 13.5. The number of ether oxygens (including phenoxy) is 1. The molecule has 0 amide bonds. The van der Waals surface area contributed by atoms with Crippen molar-refractivity contribution in [3.05, 3.63) is 0 Å². The summed E-state index contributed by atoms with van der Waals surface area (Å²) in [5, 5.41) is 3.23. The lowest BCUT2D eigenvalue weighted by Gasteiger charge is -2.29. The highest BCUT2D eigenvalue weighted by molar-refractivity contribution is 5.75. The van der Waals surface area contributed by atoms with Crippen LogP contribution in [0.2, 0.25) is 0 Å². The molecule has 0 aromatic rings. The van der Waals surface area contributed by atoms with Crippen molar-refractivity contribution in [2.45, 2.75) is 45.7 Å². The second-order valence-corrected chi connectivity index (χ2v) is 5.65. The van der Waals surface area contributed by atoms with Crippen LogP contribution in [0, 0.1) is 0 Å². The van der Waals surface area contributed by atoms with E-state index >= 15 is 0 Å². The molecule has 1 rings (SSSR count). The van der Waals surface area contributed by atoms with Crippen molar-refractivity contribution in [3.8, 4) is 0 Å². The predicted octanol–water partition coefficient (Wildman–Crippen LogP) is 0.944. The van der Waals surface area contributed by atoms with E-state index in [-0.39, 0.29) is 12.0 Å². The third-order valence-electron chi connectivity index (χ3n) is 3.91. The second-order valence-electron chi connectivity index (χ2n) is 5.65. The van der Waals surface area contributed by atoms with E-state index < -0.39 is 0 Å². The highest BCUT2D eigenvalue weighted by Gasteiger charge is 2.23. The van der Waals surface area contributed by atoms with Crippen LogP contribution in [0.5, 0.6) is 0 Å². The lowest BCUT2D eigenvalue weighted by molar-refractivity contribution is -0.145. The maximum Gasteiger partial charge on any atom is 0.323 e. The summed E-state index contributed by atoms with van der Waals surface area (Å²) in [7, 11) is 2.18. The van der Waals surface area contributed by atoms with Gasteiger partial charge in [0, 0.05) is 19.1 Å². The van der Waals surface area contributed by atoms with Crippen LogP contribution in [-0.2, 0) is 9.53 Å². The molecule has 1 saturated heterocycles. The molecular formula is C15H31N3O2. The maximum atomic E-state index is 11.9. The SMILES string of the molecule is CCNC(CCN1CCCN(C)CC1C)C(=O)OCC. The van der Waals surface area contributed by atoms with Gasteiger partial charge in [-0.2, -0.15) is 0 Å². The Morgan fingerprint density at radius 1 is 1.40 bits per heavy atom. The van der Waals surface area contributed by atoms with E-state index in [9.17, 15) is 4.79 Å². The molecule has 0 spiro atoms. The van der Waals surface area contributed by atoms with Gasteiger partial charge in [-0.3, -0.25) is 9.69 Å². The molecule has 0 aromatic carbocycles. The number of likely N-dealkylation sites (N-methyl/N-ethyl adjacent to an activating group) is 2. The largest absolute Gasteiger partial charge is 0.465 e. The third kappa shape index (κ3) is 5.77. The molecule has 5 nitrogen and oxygen atoms in total. The molecule has 20 heavy (non-hydrogen) atoms. The number of carbonyl (C=O) groups excluding carboxylic acids is 1. The summed E-state index contributed by atoms with van der Waals surface area (Å²) in [4.78, 5) is 16.8. The van der Waals surface area contributed by atoms with Gasteiger partial charge in [0.2, 0.25) is 0 Å². The molecule has 0 radical (unpaired) electrons. The van der Waals surface area contributed by atoms with Crippen molar-refractivity contribution >= 4 is 5.97 Å². The Kier molecular flexibility index (Phi) is 8.11. The first kappa shape index (κ1) is 17.4. The number of esters is 1. The maximum absolute atomic E-state index is 11.9. The molecule has 0 aliphatic carbocycles. The van der Waals surface area contributed by atoms with E-state index in [0.29, 0.717) is 12.6 Å².